The van der Waals surface area contributed by atoms with Crippen LogP contribution in [0.15, 0.2) is 12.2 Å². The Hall–Kier alpha value is -0.870. The number of carboxylic acid groups (broad SMARTS) is 1. The summed E-state index contributed by atoms with van der Waals surface area (Å²) in [6.45, 7) is 0.377. The maximum Gasteiger partial charge on any atom is 0.309 e. The van der Waals surface area contributed by atoms with Crippen molar-refractivity contribution in [3.8, 4) is 0 Å². The predicted octanol–water partition coefficient (Wildman–Crippen LogP) is -0.401. The van der Waals surface area contributed by atoms with Crippen molar-refractivity contribution >= 4 is 5.97 Å². The second-order valence-corrected chi connectivity index (χ2v) is 3.21. The number of carbonyl (C=O) groups is 1. The van der Waals surface area contributed by atoms with E-state index in [-0.39, 0.29) is 18.1 Å². The molecule has 0 aromatic carbocycles. The highest BCUT2D eigenvalue weighted by molar-refractivity contribution is 5.72. The monoisotopic (exact) mass is 169 g/mol. The fourth-order valence-electron chi connectivity index (χ4n) is 1.99. The number of carboxylic acids is 1. The lowest BCUT2D eigenvalue weighted by atomic mass is 9.83. The van der Waals surface area contributed by atoms with Gasteiger partial charge in [-0.15, -0.1) is 0 Å². The van der Waals surface area contributed by atoms with Crippen LogP contribution < -0.4 is 5.73 Å². The Kier molecular flexibility index (Phi) is 1.66. The van der Waals surface area contributed by atoms with Gasteiger partial charge < -0.3 is 15.6 Å². The number of rotatable bonds is 2. The number of hydrogen-bond acceptors (Lipinski definition) is 3. The quantitative estimate of drug-likeness (QED) is 0.552. The molecule has 0 aromatic rings. The highest BCUT2D eigenvalue weighted by atomic mass is 16.5. The van der Waals surface area contributed by atoms with Gasteiger partial charge >= 0.3 is 5.97 Å². The average molecular weight is 169 g/mol. The molecule has 0 spiro atoms. The number of hydrogen-bond donors (Lipinski definition) is 2. The Bertz CT molecular complexity index is 238. The molecule has 0 aromatic heterocycles. The van der Waals surface area contributed by atoms with Crippen molar-refractivity contribution < 1.29 is 14.6 Å². The second-order valence-electron chi connectivity index (χ2n) is 3.21. The summed E-state index contributed by atoms with van der Waals surface area (Å²) in [6, 6.07) is 0. The summed E-state index contributed by atoms with van der Waals surface area (Å²) >= 11 is 0. The molecule has 0 amide bonds. The first kappa shape index (κ1) is 7.76. The van der Waals surface area contributed by atoms with E-state index in [1.165, 1.54) is 0 Å². The normalized spacial score (nSPS) is 43.8. The first-order chi connectivity index (χ1) is 5.74. The maximum absolute atomic E-state index is 10.8. The molecular formula is C8H11NO3. The van der Waals surface area contributed by atoms with Crippen molar-refractivity contribution in [1.82, 2.24) is 0 Å². The van der Waals surface area contributed by atoms with Crippen molar-refractivity contribution in [1.29, 1.82) is 0 Å². The summed E-state index contributed by atoms with van der Waals surface area (Å²) in [5.41, 5.74) is 5.47. The van der Waals surface area contributed by atoms with Crippen molar-refractivity contribution in [2.24, 2.45) is 17.6 Å². The summed E-state index contributed by atoms with van der Waals surface area (Å²) in [7, 11) is 0. The molecule has 12 heavy (non-hydrogen) atoms. The number of ether oxygens (including phenoxy) is 1. The molecule has 0 aliphatic carbocycles. The van der Waals surface area contributed by atoms with E-state index in [0.717, 1.165) is 0 Å². The van der Waals surface area contributed by atoms with E-state index >= 15 is 0 Å². The highest BCUT2D eigenvalue weighted by Gasteiger charge is 2.48. The van der Waals surface area contributed by atoms with Crippen LogP contribution >= 0.6 is 0 Å². The van der Waals surface area contributed by atoms with Crippen molar-refractivity contribution in [3.05, 3.63) is 12.2 Å². The zero-order chi connectivity index (χ0) is 8.72. The van der Waals surface area contributed by atoms with Gasteiger partial charge in [-0.3, -0.25) is 4.79 Å². The third kappa shape index (κ3) is 0.884. The van der Waals surface area contributed by atoms with Crippen LogP contribution in [0.5, 0.6) is 0 Å². The molecule has 2 heterocycles. The van der Waals surface area contributed by atoms with Gasteiger partial charge in [0.1, 0.15) is 0 Å². The van der Waals surface area contributed by atoms with Crippen LogP contribution in [0.4, 0.5) is 0 Å². The van der Waals surface area contributed by atoms with E-state index in [4.69, 9.17) is 15.6 Å². The molecule has 2 aliphatic heterocycles. The minimum absolute atomic E-state index is 0.0440. The van der Waals surface area contributed by atoms with Gasteiger partial charge in [-0.05, 0) is 6.54 Å². The van der Waals surface area contributed by atoms with Gasteiger partial charge in [0, 0.05) is 5.92 Å². The van der Waals surface area contributed by atoms with Gasteiger partial charge in [-0.2, -0.15) is 0 Å². The molecule has 66 valence electrons. The SMILES string of the molecule is NCC1C2C=CC(O2)C1C(=O)O. The summed E-state index contributed by atoms with van der Waals surface area (Å²) in [5.74, 6) is -1.29. The van der Waals surface area contributed by atoms with E-state index in [1.54, 1.807) is 0 Å². The summed E-state index contributed by atoms with van der Waals surface area (Å²) in [5, 5.41) is 8.87. The van der Waals surface area contributed by atoms with Crippen LogP contribution in [0.2, 0.25) is 0 Å². The van der Waals surface area contributed by atoms with Gasteiger partial charge in [0.2, 0.25) is 0 Å². The Balaban J connectivity index is 2.23. The number of fused-ring (bicyclic) bond motifs is 2. The van der Waals surface area contributed by atoms with E-state index in [1.807, 2.05) is 12.2 Å². The minimum Gasteiger partial charge on any atom is -0.481 e. The minimum atomic E-state index is -0.803. The van der Waals surface area contributed by atoms with E-state index in [9.17, 15) is 4.79 Å². The smallest absolute Gasteiger partial charge is 0.309 e. The third-order valence-corrected chi connectivity index (χ3v) is 2.60. The molecule has 4 nitrogen and oxygen atoms in total. The van der Waals surface area contributed by atoms with E-state index in [2.05, 4.69) is 0 Å². The molecule has 4 heteroatoms. The molecule has 0 saturated carbocycles. The van der Waals surface area contributed by atoms with Crippen molar-refractivity contribution in [3.63, 3.8) is 0 Å². The van der Waals surface area contributed by atoms with Crippen molar-refractivity contribution in [2.75, 3.05) is 6.54 Å². The zero-order valence-electron chi connectivity index (χ0n) is 6.51. The lowest BCUT2D eigenvalue weighted by Gasteiger charge is -2.19. The van der Waals surface area contributed by atoms with Crippen LogP contribution in [0.3, 0.4) is 0 Å². The van der Waals surface area contributed by atoms with E-state index in [0.29, 0.717) is 6.54 Å². The molecule has 1 saturated heterocycles. The topological polar surface area (TPSA) is 72.5 Å². The van der Waals surface area contributed by atoms with E-state index < -0.39 is 11.9 Å². The standard InChI is InChI=1S/C8H11NO3/c9-3-4-5-1-2-6(12-5)7(4)8(10)11/h1-2,4-7H,3,9H2,(H,10,11). The average Bonchev–Trinajstić information content (AvgIpc) is 2.60. The molecule has 3 N–H and O–H groups in total. The lowest BCUT2D eigenvalue weighted by Crippen LogP contribution is -2.35. The maximum atomic E-state index is 10.8. The van der Waals surface area contributed by atoms with Gasteiger partial charge in [0.15, 0.2) is 0 Å². The largest absolute Gasteiger partial charge is 0.481 e. The molecule has 0 radical (unpaired) electrons. The predicted molar refractivity (Wildman–Crippen MR) is 41.5 cm³/mol. The molecule has 2 aliphatic rings. The molecule has 2 bridgehead atoms. The van der Waals surface area contributed by atoms with Crippen LogP contribution in [0, 0.1) is 11.8 Å². The van der Waals surface area contributed by atoms with Gasteiger partial charge in [-0.25, -0.2) is 0 Å². The van der Waals surface area contributed by atoms with Gasteiger partial charge in [0.25, 0.3) is 0 Å². The Morgan fingerprint density at radius 1 is 1.50 bits per heavy atom. The van der Waals surface area contributed by atoms with Crippen LogP contribution in [0.1, 0.15) is 0 Å². The van der Waals surface area contributed by atoms with Gasteiger partial charge in [0.05, 0.1) is 18.1 Å². The first-order valence-electron chi connectivity index (χ1n) is 4.00. The molecule has 1 fully saturated rings. The molecule has 4 atom stereocenters. The first-order valence-corrected chi connectivity index (χ1v) is 4.00. The molecule has 2 rings (SSSR count). The molecular weight excluding hydrogens is 158 g/mol. The van der Waals surface area contributed by atoms with Crippen molar-refractivity contribution in [2.45, 2.75) is 12.2 Å². The van der Waals surface area contributed by atoms with Crippen LogP contribution in [0.25, 0.3) is 0 Å². The zero-order valence-corrected chi connectivity index (χ0v) is 6.51. The highest BCUT2D eigenvalue weighted by Crippen LogP contribution is 2.38. The molecule has 4 unspecified atom stereocenters. The Labute approximate surface area is 70.0 Å². The third-order valence-electron chi connectivity index (χ3n) is 2.60. The van der Waals surface area contributed by atoms with Crippen LogP contribution in [-0.2, 0) is 9.53 Å². The Morgan fingerprint density at radius 2 is 2.17 bits per heavy atom. The summed E-state index contributed by atoms with van der Waals surface area (Å²) in [6.07, 6.45) is 3.40. The Morgan fingerprint density at radius 3 is 2.67 bits per heavy atom. The van der Waals surface area contributed by atoms with Gasteiger partial charge in [-0.1, -0.05) is 12.2 Å². The summed E-state index contributed by atoms with van der Waals surface area (Å²) < 4.78 is 5.38. The second kappa shape index (κ2) is 2.57. The summed E-state index contributed by atoms with van der Waals surface area (Å²) in [4.78, 5) is 10.8. The number of aliphatic carboxylic acids is 1. The lowest BCUT2D eigenvalue weighted by molar-refractivity contribution is -0.143. The van der Waals surface area contributed by atoms with Crippen LogP contribution in [-0.4, -0.2) is 29.8 Å². The fraction of sp³-hybridized carbons (Fsp3) is 0.625. The number of nitrogens with two attached hydrogens (primary N) is 1. The fourth-order valence-corrected chi connectivity index (χ4v) is 1.99.